The van der Waals surface area contributed by atoms with E-state index in [0.29, 0.717) is 11.8 Å². The number of nitro groups is 1. The lowest BCUT2D eigenvalue weighted by atomic mass is 9.67. The van der Waals surface area contributed by atoms with E-state index >= 15 is 0 Å². The van der Waals surface area contributed by atoms with E-state index in [1.54, 1.807) is 7.05 Å². The van der Waals surface area contributed by atoms with Crippen LogP contribution in [-0.2, 0) is 0 Å². The van der Waals surface area contributed by atoms with Gasteiger partial charge in [0.15, 0.2) is 0 Å². The molecule has 0 amide bonds. The summed E-state index contributed by atoms with van der Waals surface area (Å²) in [6.07, 6.45) is 5.91. The Kier molecular flexibility index (Phi) is 3.82. The van der Waals surface area contributed by atoms with E-state index in [9.17, 15) is 10.1 Å². The molecule has 2 N–H and O–H groups in total. The molecule has 7 heteroatoms. The summed E-state index contributed by atoms with van der Waals surface area (Å²) in [6.45, 7) is 2.89. The first-order valence-corrected chi connectivity index (χ1v) is 6.53. The molecule has 19 heavy (non-hydrogen) atoms. The van der Waals surface area contributed by atoms with Crippen LogP contribution in [0.1, 0.15) is 32.6 Å². The Balaban J connectivity index is 2.15. The van der Waals surface area contributed by atoms with Crippen molar-refractivity contribution >= 4 is 17.5 Å². The smallest absolute Gasteiger partial charge is 0.329 e. The van der Waals surface area contributed by atoms with Gasteiger partial charge in [0.25, 0.3) is 0 Å². The standard InChI is InChI=1S/C12H19N5O2/c1-3-12(5-4-6-12)8-15-10-9(17(18)19)7-14-11(13-2)16-10/h7H,3-6,8H2,1-2H3,(H2,13,14,15,16). The number of nitrogens with one attached hydrogen (secondary N) is 2. The molecule has 0 unspecified atom stereocenters. The van der Waals surface area contributed by atoms with Gasteiger partial charge in [0, 0.05) is 13.6 Å². The first-order chi connectivity index (χ1) is 9.10. The molecule has 0 aromatic carbocycles. The Morgan fingerprint density at radius 2 is 2.26 bits per heavy atom. The van der Waals surface area contributed by atoms with E-state index in [1.165, 1.54) is 25.5 Å². The fourth-order valence-electron chi connectivity index (χ4n) is 2.36. The van der Waals surface area contributed by atoms with Crippen molar-refractivity contribution in [3.63, 3.8) is 0 Å². The van der Waals surface area contributed by atoms with Gasteiger partial charge in [-0.25, -0.2) is 4.98 Å². The summed E-state index contributed by atoms with van der Waals surface area (Å²) in [5.74, 6) is 0.677. The molecule has 0 atom stereocenters. The molecular formula is C12H19N5O2. The highest BCUT2D eigenvalue weighted by atomic mass is 16.6. The molecule has 1 saturated carbocycles. The monoisotopic (exact) mass is 265 g/mol. The van der Waals surface area contributed by atoms with Crippen LogP contribution in [0.3, 0.4) is 0 Å². The van der Waals surface area contributed by atoms with Gasteiger partial charge in [0.2, 0.25) is 11.8 Å². The van der Waals surface area contributed by atoms with E-state index in [1.807, 2.05) is 0 Å². The Morgan fingerprint density at radius 3 is 2.74 bits per heavy atom. The van der Waals surface area contributed by atoms with Gasteiger partial charge in [-0.15, -0.1) is 0 Å². The molecule has 0 aliphatic heterocycles. The van der Waals surface area contributed by atoms with Crippen LogP contribution in [0.4, 0.5) is 17.5 Å². The van der Waals surface area contributed by atoms with Gasteiger partial charge in [0.05, 0.1) is 4.92 Å². The van der Waals surface area contributed by atoms with Crippen LogP contribution in [0.15, 0.2) is 6.20 Å². The third kappa shape index (κ3) is 2.74. The Hall–Kier alpha value is -1.92. The highest BCUT2D eigenvalue weighted by molar-refractivity contribution is 5.57. The molecule has 1 fully saturated rings. The molecule has 0 saturated heterocycles. The van der Waals surface area contributed by atoms with Crippen LogP contribution >= 0.6 is 0 Å². The Labute approximate surface area is 112 Å². The predicted molar refractivity (Wildman–Crippen MR) is 73.3 cm³/mol. The fourth-order valence-corrected chi connectivity index (χ4v) is 2.36. The quantitative estimate of drug-likeness (QED) is 0.606. The molecule has 0 bridgehead atoms. The average Bonchev–Trinajstić information content (AvgIpc) is 2.37. The summed E-state index contributed by atoms with van der Waals surface area (Å²) in [7, 11) is 1.68. The number of hydrogen-bond donors (Lipinski definition) is 2. The Morgan fingerprint density at radius 1 is 1.53 bits per heavy atom. The van der Waals surface area contributed by atoms with Crippen molar-refractivity contribution in [2.75, 3.05) is 24.2 Å². The third-order valence-corrected chi connectivity index (χ3v) is 3.98. The second kappa shape index (κ2) is 5.38. The Bertz CT molecular complexity index is 468. The second-order valence-corrected chi connectivity index (χ2v) is 5.00. The number of nitrogens with zero attached hydrogens (tertiary/aromatic N) is 3. The van der Waals surface area contributed by atoms with Gasteiger partial charge in [-0.3, -0.25) is 10.1 Å². The number of anilines is 2. The van der Waals surface area contributed by atoms with Crippen LogP contribution in [0.25, 0.3) is 0 Å². The van der Waals surface area contributed by atoms with Crippen molar-refractivity contribution < 1.29 is 4.92 Å². The molecule has 1 aromatic rings. The molecule has 104 valence electrons. The largest absolute Gasteiger partial charge is 0.364 e. The minimum absolute atomic E-state index is 0.0791. The van der Waals surface area contributed by atoms with E-state index in [-0.39, 0.29) is 11.1 Å². The van der Waals surface area contributed by atoms with Crippen LogP contribution in [0, 0.1) is 15.5 Å². The lowest BCUT2D eigenvalue weighted by Crippen LogP contribution is -2.36. The summed E-state index contributed by atoms with van der Waals surface area (Å²) >= 11 is 0. The fraction of sp³-hybridized carbons (Fsp3) is 0.667. The second-order valence-electron chi connectivity index (χ2n) is 5.00. The van der Waals surface area contributed by atoms with E-state index in [2.05, 4.69) is 27.5 Å². The highest BCUT2D eigenvalue weighted by Gasteiger charge is 2.35. The number of aromatic nitrogens is 2. The van der Waals surface area contributed by atoms with Crippen molar-refractivity contribution in [3.05, 3.63) is 16.3 Å². The SMILES string of the molecule is CCC1(CNc2nc(NC)ncc2[N+](=O)[O-])CCC1. The van der Waals surface area contributed by atoms with Crippen molar-refractivity contribution in [2.45, 2.75) is 32.6 Å². The van der Waals surface area contributed by atoms with Crippen LogP contribution in [0.2, 0.25) is 0 Å². The van der Waals surface area contributed by atoms with Gasteiger partial charge in [-0.05, 0) is 24.7 Å². The average molecular weight is 265 g/mol. The zero-order chi connectivity index (χ0) is 13.9. The molecule has 1 aromatic heterocycles. The van der Waals surface area contributed by atoms with Gasteiger partial charge in [-0.1, -0.05) is 13.3 Å². The lowest BCUT2D eigenvalue weighted by molar-refractivity contribution is -0.384. The van der Waals surface area contributed by atoms with E-state index < -0.39 is 4.92 Å². The van der Waals surface area contributed by atoms with Crippen molar-refractivity contribution in [2.24, 2.45) is 5.41 Å². The molecule has 7 nitrogen and oxygen atoms in total. The third-order valence-electron chi connectivity index (χ3n) is 3.98. The molecule has 1 heterocycles. The summed E-state index contributed by atoms with van der Waals surface area (Å²) in [6, 6.07) is 0. The van der Waals surface area contributed by atoms with Crippen molar-refractivity contribution in [3.8, 4) is 0 Å². The predicted octanol–water partition coefficient (Wildman–Crippen LogP) is 2.42. The number of hydrogen-bond acceptors (Lipinski definition) is 6. The maximum absolute atomic E-state index is 11.0. The summed E-state index contributed by atoms with van der Waals surface area (Å²) in [5.41, 5.74) is 0.197. The van der Waals surface area contributed by atoms with Gasteiger partial charge in [-0.2, -0.15) is 4.98 Å². The lowest BCUT2D eigenvalue weighted by Gasteiger charge is -2.41. The van der Waals surface area contributed by atoms with Gasteiger partial charge < -0.3 is 10.6 Å². The van der Waals surface area contributed by atoms with E-state index in [0.717, 1.165) is 13.0 Å². The number of rotatable bonds is 6. The van der Waals surface area contributed by atoms with Crippen molar-refractivity contribution in [1.82, 2.24) is 9.97 Å². The summed E-state index contributed by atoms with van der Waals surface area (Å²) in [4.78, 5) is 18.5. The minimum atomic E-state index is -0.457. The molecule has 0 radical (unpaired) electrons. The van der Waals surface area contributed by atoms with Crippen LogP contribution < -0.4 is 10.6 Å². The van der Waals surface area contributed by atoms with Crippen LogP contribution in [-0.4, -0.2) is 28.5 Å². The minimum Gasteiger partial charge on any atom is -0.364 e. The first-order valence-electron chi connectivity index (χ1n) is 6.53. The molecule has 1 aliphatic carbocycles. The molecular weight excluding hydrogens is 246 g/mol. The first kappa shape index (κ1) is 13.5. The topological polar surface area (TPSA) is 93.0 Å². The van der Waals surface area contributed by atoms with Crippen molar-refractivity contribution in [1.29, 1.82) is 0 Å². The van der Waals surface area contributed by atoms with E-state index in [4.69, 9.17) is 0 Å². The maximum atomic E-state index is 11.0. The molecule has 2 rings (SSSR count). The summed E-state index contributed by atoms with van der Waals surface area (Å²) in [5, 5.41) is 16.9. The molecule has 0 spiro atoms. The maximum Gasteiger partial charge on any atom is 0.329 e. The van der Waals surface area contributed by atoms with Gasteiger partial charge >= 0.3 is 5.69 Å². The zero-order valence-electron chi connectivity index (χ0n) is 11.3. The molecule has 1 aliphatic rings. The summed E-state index contributed by atoms with van der Waals surface area (Å²) < 4.78 is 0. The van der Waals surface area contributed by atoms with Gasteiger partial charge in [0.1, 0.15) is 6.20 Å². The highest BCUT2D eigenvalue weighted by Crippen LogP contribution is 2.43. The zero-order valence-corrected chi connectivity index (χ0v) is 11.3. The van der Waals surface area contributed by atoms with Crippen LogP contribution in [0.5, 0.6) is 0 Å². The normalized spacial score (nSPS) is 16.5.